The highest BCUT2D eigenvalue weighted by Gasteiger charge is 2.54. The molecule has 0 aliphatic carbocycles. The van der Waals surface area contributed by atoms with Crippen LogP contribution < -0.4 is 20.3 Å². The van der Waals surface area contributed by atoms with E-state index < -0.39 is 6.17 Å². The van der Waals surface area contributed by atoms with Crippen molar-refractivity contribution in [1.29, 1.82) is 5.26 Å². The van der Waals surface area contributed by atoms with Gasteiger partial charge in [0.25, 0.3) is 0 Å². The van der Waals surface area contributed by atoms with Crippen molar-refractivity contribution in [2.24, 2.45) is 5.41 Å². The number of piperidine rings is 1. The number of nitrogens with two attached hydrogens (primary N) is 1. The number of cyclic esters (lactones) is 1. The predicted molar refractivity (Wildman–Crippen MR) is 152 cm³/mol. The van der Waals surface area contributed by atoms with Gasteiger partial charge in [0.2, 0.25) is 11.9 Å². The lowest BCUT2D eigenvalue weighted by Gasteiger charge is -2.48. The Bertz CT molecular complexity index is 1470. The summed E-state index contributed by atoms with van der Waals surface area (Å²) < 4.78 is 25.5. The Kier molecular flexibility index (Phi) is 5.69. The highest BCUT2D eigenvalue weighted by Crippen LogP contribution is 2.57. The van der Waals surface area contributed by atoms with Gasteiger partial charge in [0.05, 0.1) is 15.8 Å². The number of rotatable bonds is 5. The van der Waals surface area contributed by atoms with Gasteiger partial charge in [-0.1, -0.05) is 0 Å². The second-order valence-electron chi connectivity index (χ2n) is 12.3. The summed E-state index contributed by atoms with van der Waals surface area (Å²) >= 11 is 3.37. The van der Waals surface area contributed by atoms with E-state index >= 15 is 0 Å². The molecule has 5 saturated heterocycles. The number of hydrogen-bond acceptors (Lipinski definition) is 13. The minimum Gasteiger partial charge on any atom is -0.464 e. The molecular weight excluding hydrogens is 567 g/mol. The van der Waals surface area contributed by atoms with Crippen LogP contribution in [0.25, 0.3) is 0 Å². The average Bonchev–Trinajstić information content (AvgIpc) is 3.68. The van der Waals surface area contributed by atoms with E-state index in [1.54, 1.807) is 0 Å². The van der Waals surface area contributed by atoms with Crippen LogP contribution in [0.15, 0.2) is 0 Å². The molecule has 0 bridgehead atoms. The fourth-order valence-electron chi connectivity index (χ4n) is 7.58. The zero-order chi connectivity index (χ0) is 28.0. The lowest BCUT2D eigenvalue weighted by molar-refractivity contribution is -0.188. The highest BCUT2D eigenvalue weighted by molar-refractivity contribution is 8.00. The van der Waals surface area contributed by atoms with E-state index in [0.29, 0.717) is 87.7 Å². The Morgan fingerprint density at radius 1 is 1.15 bits per heavy atom. The number of hydrogen-bond donors (Lipinski definition) is 1. The maximum atomic E-state index is 14.4. The third-order valence-corrected chi connectivity index (χ3v) is 12.6. The summed E-state index contributed by atoms with van der Waals surface area (Å²) in [5.74, 6) is 1.81. The van der Waals surface area contributed by atoms with Crippen molar-refractivity contribution in [2.75, 3.05) is 68.0 Å². The Balaban J connectivity index is 1.06. The van der Waals surface area contributed by atoms with Crippen molar-refractivity contribution in [3.8, 4) is 12.1 Å². The molecule has 2 spiro atoms. The molecule has 2 aromatic heterocycles. The van der Waals surface area contributed by atoms with Gasteiger partial charge in [-0.3, -0.25) is 9.69 Å². The van der Waals surface area contributed by atoms with Crippen LogP contribution in [0.3, 0.4) is 0 Å². The molecule has 0 saturated carbocycles. The largest absolute Gasteiger partial charge is 0.464 e. The van der Waals surface area contributed by atoms with Gasteiger partial charge in [0.15, 0.2) is 0 Å². The van der Waals surface area contributed by atoms with Crippen LogP contribution in [0.2, 0.25) is 0 Å². The van der Waals surface area contributed by atoms with Gasteiger partial charge >= 0.3 is 12.0 Å². The first-order valence-corrected chi connectivity index (χ1v) is 16.0. The Labute approximate surface area is 245 Å². The quantitative estimate of drug-likeness (QED) is 0.507. The topological polar surface area (TPSA) is 134 Å². The minimum atomic E-state index is -0.835. The standard InChI is InChI=1S/C27H31FN8O3S2/c28-16-8-26(2-1-5-36(26)10-16)15-39-24-32-22(34-6-3-25(4-7-34)14-38-21(25)37)31-23(33-24)35-12-27(13-35)19-17(9-29)20(30)41-18(19)11-40-27/h16H,1-8,10-15,30H2/t16-,26+/m1/s1. The van der Waals surface area contributed by atoms with Gasteiger partial charge in [0, 0.05) is 55.3 Å². The molecule has 2 aromatic rings. The first-order valence-electron chi connectivity index (χ1n) is 14.2. The van der Waals surface area contributed by atoms with Gasteiger partial charge in [-0.25, -0.2) is 4.39 Å². The summed E-state index contributed by atoms with van der Waals surface area (Å²) in [6.45, 7) is 4.78. The lowest BCUT2D eigenvalue weighted by Crippen LogP contribution is -2.57. The maximum Gasteiger partial charge on any atom is 0.323 e. The summed E-state index contributed by atoms with van der Waals surface area (Å²) in [7, 11) is 0. The number of aromatic nitrogens is 3. The monoisotopic (exact) mass is 598 g/mol. The number of thiophene rings is 1. The van der Waals surface area contributed by atoms with Gasteiger partial charge in [0.1, 0.15) is 35.9 Å². The molecular formula is C27H31FN8O3S2. The molecule has 0 aromatic carbocycles. The van der Waals surface area contributed by atoms with Crippen LogP contribution in [0.4, 0.5) is 21.3 Å². The third-order valence-electron chi connectivity index (χ3n) is 9.97. The Hall–Kier alpha value is -2.89. The van der Waals surface area contributed by atoms with Gasteiger partial charge in [-0.15, -0.1) is 23.1 Å². The van der Waals surface area contributed by atoms with Crippen molar-refractivity contribution in [3.05, 3.63) is 16.0 Å². The number of halogens is 1. The SMILES string of the molecule is N#Cc1c(N)sc2c1C1(CN(c3nc(OC[C@@]45CCCN4C[C@H](F)C5)nc(N4CCC5(CC4)COC5=O)n3)C1)SC2. The van der Waals surface area contributed by atoms with Crippen LogP contribution in [-0.4, -0.2) is 90.0 Å². The summed E-state index contributed by atoms with van der Waals surface area (Å²) in [4.78, 5) is 34.0. The second kappa shape index (κ2) is 9.05. The van der Waals surface area contributed by atoms with Crippen molar-refractivity contribution < 1.29 is 18.7 Å². The number of nitrogen functional groups attached to an aromatic ring is 1. The van der Waals surface area contributed by atoms with Crippen LogP contribution in [0.1, 0.15) is 48.1 Å². The molecule has 11 nitrogen and oxygen atoms in total. The molecule has 14 heteroatoms. The van der Waals surface area contributed by atoms with E-state index in [2.05, 4.69) is 20.8 Å². The lowest BCUT2D eigenvalue weighted by atomic mass is 9.76. The van der Waals surface area contributed by atoms with Crippen LogP contribution in [0, 0.1) is 16.7 Å². The molecule has 0 unspecified atom stereocenters. The number of carbonyl (C=O) groups is 1. The number of carbonyl (C=O) groups excluding carboxylic acids is 1. The Morgan fingerprint density at radius 2 is 1.93 bits per heavy atom. The highest BCUT2D eigenvalue weighted by atomic mass is 32.2. The normalized spacial score (nSPS) is 29.2. The molecule has 8 heterocycles. The number of nitriles is 1. The Morgan fingerprint density at radius 3 is 2.63 bits per heavy atom. The molecule has 6 aliphatic heterocycles. The van der Waals surface area contributed by atoms with Crippen LogP contribution >= 0.6 is 23.1 Å². The molecule has 216 valence electrons. The number of anilines is 3. The molecule has 2 N–H and O–H groups in total. The number of alkyl halides is 1. The number of fused-ring (bicyclic) bond motifs is 3. The molecule has 8 rings (SSSR count). The number of esters is 1. The van der Waals surface area contributed by atoms with Gasteiger partial charge in [-0.2, -0.15) is 20.2 Å². The van der Waals surface area contributed by atoms with E-state index in [9.17, 15) is 14.4 Å². The fourth-order valence-corrected chi connectivity index (χ4v) is 10.4. The molecule has 0 amide bonds. The molecule has 2 atom stereocenters. The molecule has 5 fully saturated rings. The van der Waals surface area contributed by atoms with Gasteiger partial charge < -0.3 is 25.0 Å². The van der Waals surface area contributed by atoms with E-state index in [1.807, 2.05) is 11.8 Å². The smallest absolute Gasteiger partial charge is 0.323 e. The molecule has 0 radical (unpaired) electrons. The first-order chi connectivity index (χ1) is 19.8. The summed E-state index contributed by atoms with van der Waals surface area (Å²) in [5, 5.41) is 10.4. The van der Waals surface area contributed by atoms with Gasteiger partial charge in [-0.05, 0) is 32.2 Å². The zero-order valence-corrected chi connectivity index (χ0v) is 24.2. The third kappa shape index (κ3) is 3.84. The van der Waals surface area contributed by atoms with E-state index in [0.717, 1.165) is 30.7 Å². The van der Waals surface area contributed by atoms with Crippen molar-refractivity contribution >= 4 is 46.0 Å². The van der Waals surface area contributed by atoms with E-state index in [4.69, 9.17) is 30.2 Å². The summed E-state index contributed by atoms with van der Waals surface area (Å²) in [6, 6.07) is 2.57. The first kappa shape index (κ1) is 25.8. The maximum absolute atomic E-state index is 14.4. The zero-order valence-electron chi connectivity index (χ0n) is 22.6. The van der Waals surface area contributed by atoms with Crippen LogP contribution in [0.5, 0.6) is 6.01 Å². The number of ether oxygens (including phenoxy) is 2. The average molecular weight is 599 g/mol. The molecule has 6 aliphatic rings. The summed E-state index contributed by atoms with van der Waals surface area (Å²) in [6.07, 6.45) is 2.97. The summed E-state index contributed by atoms with van der Waals surface area (Å²) in [5.41, 5.74) is 7.17. The van der Waals surface area contributed by atoms with Crippen molar-refractivity contribution in [3.63, 3.8) is 0 Å². The second-order valence-corrected chi connectivity index (χ2v) is 14.8. The number of nitrogens with zero attached hydrogens (tertiary/aromatic N) is 7. The fraction of sp³-hybridized carbons (Fsp3) is 0.667. The van der Waals surface area contributed by atoms with E-state index in [-0.39, 0.29) is 27.7 Å². The minimum absolute atomic E-state index is 0.106. The van der Waals surface area contributed by atoms with Crippen LogP contribution in [-0.2, 0) is 20.0 Å². The van der Waals surface area contributed by atoms with E-state index in [1.165, 1.54) is 16.2 Å². The van der Waals surface area contributed by atoms with Crippen molar-refractivity contribution in [1.82, 2.24) is 19.9 Å². The molecule has 41 heavy (non-hydrogen) atoms. The predicted octanol–water partition coefficient (Wildman–Crippen LogP) is 2.45. The van der Waals surface area contributed by atoms with Crippen molar-refractivity contribution in [2.45, 2.75) is 54.3 Å². The number of thioether (sulfide) groups is 1.